The number of hydrogen-bond donors (Lipinski definition) is 0. The second-order valence-electron chi connectivity index (χ2n) is 3.39. The first-order valence-electron chi connectivity index (χ1n) is 4.93. The van der Waals surface area contributed by atoms with Crippen molar-refractivity contribution >= 4 is 52.1 Å². The van der Waals surface area contributed by atoms with Crippen molar-refractivity contribution in [3.8, 4) is 0 Å². The van der Waals surface area contributed by atoms with Gasteiger partial charge >= 0.3 is 0 Å². The third kappa shape index (κ3) is 3.33. The van der Waals surface area contributed by atoms with E-state index in [1.807, 2.05) is 24.0 Å². The molecular weight excluding hydrogens is 288 g/mol. The monoisotopic (exact) mass is 299 g/mol. The van der Waals surface area contributed by atoms with Crippen LogP contribution in [0, 0.1) is 6.92 Å². The second kappa shape index (κ2) is 6.80. The molecule has 0 bridgehead atoms. The Morgan fingerprint density at radius 2 is 1.56 bits per heavy atom. The summed E-state index contributed by atoms with van der Waals surface area (Å²) < 4.78 is 0. The van der Waals surface area contributed by atoms with E-state index < -0.39 is 0 Å². The predicted octanol–water partition coefficient (Wildman–Crippen LogP) is 4.59. The lowest BCUT2D eigenvalue weighted by Gasteiger charge is -2.24. The molecule has 90 valence electrons. The minimum atomic E-state index is 0.527. The second-order valence-corrected chi connectivity index (χ2v) is 4.91. The zero-order valence-electron chi connectivity index (χ0n) is 8.94. The SMILES string of the molecule is Cc1ccc(N(CCCl)CCCl)c(Cl)c1Cl. The lowest BCUT2D eigenvalue weighted by atomic mass is 10.2. The van der Waals surface area contributed by atoms with Crippen LogP contribution in [-0.2, 0) is 0 Å². The molecule has 1 aromatic carbocycles. The topological polar surface area (TPSA) is 3.24 Å². The Morgan fingerprint density at radius 1 is 1.00 bits per heavy atom. The van der Waals surface area contributed by atoms with Gasteiger partial charge in [-0.1, -0.05) is 29.3 Å². The van der Waals surface area contributed by atoms with Crippen molar-refractivity contribution in [3.05, 3.63) is 27.7 Å². The molecule has 0 aliphatic rings. The number of halogens is 4. The van der Waals surface area contributed by atoms with E-state index in [0.717, 1.165) is 11.3 Å². The van der Waals surface area contributed by atoms with E-state index in [2.05, 4.69) is 0 Å². The van der Waals surface area contributed by atoms with Crippen LogP contribution in [0.1, 0.15) is 5.56 Å². The molecule has 1 rings (SSSR count). The smallest absolute Gasteiger partial charge is 0.0828 e. The summed E-state index contributed by atoms with van der Waals surface area (Å²) in [5.74, 6) is 1.05. The van der Waals surface area contributed by atoms with Gasteiger partial charge in [0.2, 0.25) is 0 Å². The van der Waals surface area contributed by atoms with Gasteiger partial charge in [-0.15, -0.1) is 23.2 Å². The van der Waals surface area contributed by atoms with Crippen molar-refractivity contribution in [2.75, 3.05) is 29.7 Å². The van der Waals surface area contributed by atoms with Crippen LogP contribution in [0.4, 0.5) is 5.69 Å². The van der Waals surface area contributed by atoms with Gasteiger partial charge in [0.1, 0.15) is 0 Å². The minimum absolute atomic E-state index is 0.527. The molecule has 0 N–H and O–H groups in total. The van der Waals surface area contributed by atoms with Crippen molar-refractivity contribution in [2.24, 2.45) is 0 Å². The van der Waals surface area contributed by atoms with Crippen LogP contribution in [0.2, 0.25) is 10.0 Å². The Kier molecular flexibility index (Phi) is 6.06. The van der Waals surface area contributed by atoms with Crippen LogP contribution in [-0.4, -0.2) is 24.8 Å². The maximum absolute atomic E-state index is 6.20. The molecule has 0 heterocycles. The first kappa shape index (κ1) is 14.2. The van der Waals surface area contributed by atoms with Gasteiger partial charge in [0.25, 0.3) is 0 Å². The molecule has 0 saturated carbocycles. The Balaban J connectivity index is 3.04. The zero-order chi connectivity index (χ0) is 12.1. The quantitative estimate of drug-likeness (QED) is 0.719. The van der Waals surface area contributed by atoms with E-state index in [-0.39, 0.29) is 0 Å². The summed E-state index contributed by atoms with van der Waals surface area (Å²) in [6, 6.07) is 3.89. The van der Waals surface area contributed by atoms with E-state index in [1.54, 1.807) is 0 Å². The van der Waals surface area contributed by atoms with Crippen molar-refractivity contribution in [1.82, 2.24) is 0 Å². The summed E-state index contributed by atoms with van der Waals surface area (Å²) in [5.41, 5.74) is 1.85. The zero-order valence-corrected chi connectivity index (χ0v) is 12.0. The van der Waals surface area contributed by atoms with Gasteiger partial charge in [0.05, 0.1) is 15.7 Å². The first-order valence-corrected chi connectivity index (χ1v) is 6.75. The Bertz CT molecular complexity index is 348. The maximum atomic E-state index is 6.20. The highest BCUT2D eigenvalue weighted by Crippen LogP contribution is 2.34. The van der Waals surface area contributed by atoms with Crippen molar-refractivity contribution < 1.29 is 0 Å². The Labute approximate surface area is 116 Å². The number of alkyl halides is 2. The lowest BCUT2D eigenvalue weighted by molar-refractivity contribution is 0.874. The summed E-state index contributed by atoms with van der Waals surface area (Å²) in [6.07, 6.45) is 0. The summed E-state index contributed by atoms with van der Waals surface area (Å²) in [4.78, 5) is 2.04. The Morgan fingerprint density at radius 3 is 2.06 bits per heavy atom. The predicted molar refractivity (Wildman–Crippen MR) is 74.9 cm³/mol. The molecule has 5 heteroatoms. The lowest BCUT2D eigenvalue weighted by Crippen LogP contribution is -2.27. The number of rotatable bonds is 5. The number of hydrogen-bond acceptors (Lipinski definition) is 1. The fourth-order valence-corrected chi connectivity index (χ4v) is 2.34. The minimum Gasteiger partial charge on any atom is -0.368 e. The number of anilines is 1. The molecule has 0 aliphatic heterocycles. The van der Waals surface area contributed by atoms with Gasteiger partial charge in [0.15, 0.2) is 0 Å². The van der Waals surface area contributed by atoms with Gasteiger partial charge in [0, 0.05) is 24.8 Å². The molecule has 1 aromatic rings. The molecule has 0 atom stereocenters. The van der Waals surface area contributed by atoms with Gasteiger partial charge in [-0.2, -0.15) is 0 Å². The number of benzene rings is 1. The van der Waals surface area contributed by atoms with Crippen molar-refractivity contribution in [1.29, 1.82) is 0 Å². The molecule has 0 aromatic heterocycles. The van der Waals surface area contributed by atoms with E-state index in [1.165, 1.54) is 0 Å². The van der Waals surface area contributed by atoms with Crippen LogP contribution < -0.4 is 4.90 Å². The van der Waals surface area contributed by atoms with Crippen LogP contribution in [0.15, 0.2) is 12.1 Å². The largest absolute Gasteiger partial charge is 0.368 e. The molecule has 16 heavy (non-hydrogen) atoms. The molecule has 0 spiro atoms. The highest BCUT2D eigenvalue weighted by molar-refractivity contribution is 6.44. The molecule has 0 fully saturated rings. The fraction of sp³-hybridized carbons (Fsp3) is 0.455. The standard InChI is InChI=1S/C11H13Cl4N/c1-8-2-3-9(11(15)10(8)14)16(6-4-12)7-5-13/h2-3H,4-7H2,1H3. The molecule has 1 nitrogen and oxygen atoms in total. The van der Waals surface area contributed by atoms with Gasteiger partial charge in [-0.25, -0.2) is 0 Å². The Hall–Kier alpha value is 0.180. The third-order valence-electron chi connectivity index (χ3n) is 2.30. The average molecular weight is 301 g/mol. The molecular formula is C11H13Cl4N. The van der Waals surface area contributed by atoms with E-state index in [9.17, 15) is 0 Å². The fourth-order valence-electron chi connectivity index (χ4n) is 1.44. The number of aryl methyl sites for hydroxylation is 1. The van der Waals surface area contributed by atoms with Crippen molar-refractivity contribution in [3.63, 3.8) is 0 Å². The van der Waals surface area contributed by atoms with Crippen LogP contribution in [0.5, 0.6) is 0 Å². The molecule has 0 saturated heterocycles. The summed E-state index contributed by atoms with van der Waals surface area (Å²) in [6.45, 7) is 3.33. The maximum Gasteiger partial charge on any atom is 0.0828 e. The van der Waals surface area contributed by atoms with Crippen molar-refractivity contribution in [2.45, 2.75) is 6.92 Å². The van der Waals surface area contributed by atoms with Crippen LogP contribution in [0.3, 0.4) is 0 Å². The summed E-state index contributed by atoms with van der Waals surface area (Å²) in [7, 11) is 0. The van der Waals surface area contributed by atoms with E-state index in [4.69, 9.17) is 46.4 Å². The van der Waals surface area contributed by atoms with E-state index >= 15 is 0 Å². The van der Waals surface area contributed by atoms with Gasteiger partial charge in [-0.3, -0.25) is 0 Å². The summed E-state index contributed by atoms with van der Waals surface area (Å²) in [5, 5.41) is 1.16. The highest BCUT2D eigenvalue weighted by atomic mass is 35.5. The molecule has 0 unspecified atom stereocenters. The highest BCUT2D eigenvalue weighted by Gasteiger charge is 2.13. The molecule has 0 aliphatic carbocycles. The summed E-state index contributed by atoms with van der Waals surface area (Å²) >= 11 is 23.8. The average Bonchev–Trinajstić information content (AvgIpc) is 2.26. The van der Waals surface area contributed by atoms with Crippen LogP contribution in [0.25, 0.3) is 0 Å². The van der Waals surface area contributed by atoms with E-state index in [0.29, 0.717) is 34.9 Å². The van der Waals surface area contributed by atoms with Crippen LogP contribution >= 0.6 is 46.4 Å². The van der Waals surface area contributed by atoms with Gasteiger partial charge < -0.3 is 4.90 Å². The third-order valence-corrected chi connectivity index (χ3v) is 3.61. The molecule has 0 amide bonds. The number of nitrogens with zero attached hydrogens (tertiary/aromatic N) is 1. The first-order chi connectivity index (χ1) is 7.61. The normalized spacial score (nSPS) is 10.6. The van der Waals surface area contributed by atoms with Gasteiger partial charge in [-0.05, 0) is 18.6 Å². The molecule has 0 radical (unpaired) electrons.